The standard InChI is InChI=1S/C20H20ClN3O/c21-18-8-6-16(7-9-18)13-24-11-10-17(14-24)20-23-22-19(25-20)12-15-4-2-1-3-5-15/h1-9,17H,10-14H2. The zero-order chi connectivity index (χ0) is 17.1. The van der Waals surface area contributed by atoms with Gasteiger partial charge < -0.3 is 4.42 Å². The number of hydrogen-bond acceptors (Lipinski definition) is 4. The van der Waals surface area contributed by atoms with E-state index in [4.69, 9.17) is 16.0 Å². The molecule has 1 aliphatic heterocycles. The molecule has 0 amide bonds. The van der Waals surface area contributed by atoms with Crippen LogP contribution >= 0.6 is 11.6 Å². The van der Waals surface area contributed by atoms with E-state index < -0.39 is 0 Å². The van der Waals surface area contributed by atoms with Crippen LogP contribution in [0, 0.1) is 0 Å². The number of hydrogen-bond donors (Lipinski definition) is 0. The fourth-order valence-electron chi connectivity index (χ4n) is 3.30. The predicted octanol–water partition coefficient (Wildman–Crippen LogP) is 4.30. The highest BCUT2D eigenvalue weighted by Gasteiger charge is 2.28. The van der Waals surface area contributed by atoms with E-state index in [1.165, 1.54) is 11.1 Å². The Morgan fingerprint density at radius 2 is 1.80 bits per heavy atom. The van der Waals surface area contributed by atoms with Crippen LogP contribution in [0.3, 0.4) is 0 Å². The molecule has 0 aliphatic carbocycles. The molecule has 0 saturated carbocycles. The summed E-state index contributed by atoms with van der Waals surface area (Å²) in [6.07, 6.45) is 1.75. The van der Waals surface area contributed by atoms with E-state index in [0.717, 1.165) is 37.0 Å². The summed E-state index contributed by atoms with van der Waals surface area (Å²) in [4.78, 5) is 2.43. The van der Waals surface area contributed by atoms with Gasteiger partial charge in [-0.25, -0.2) is 0 Å². The van der Waals surface area contributed by atoms with Crippen molar-refractivity contribution in [1.82, 2.24) is 15.1 Å². The van der Waals surface area contributed by atoms with E-state index in [2.05, 4.69) is 39.4 Å². The summed E-state index contributed by atoms with van der Waals surface area (Å²) in [5.41, 5.74) is 2.47. The van der Waals surface area contributed by atoms with Gasteiger partial charge in [0.1, 0.15) is 0 Å². The molecule has 1 aliphatic rings. The lowest BCUT2D eigenvalue weighted by molar-refractivity contribution is 0.318. The summed E-state index contributed by atoms with van der Waals surface area (Å²) in [5, 5.41) is 9.29. The number of aromatic nitrogens is 2. The molecule has 2 aromatic carbocycles. The van der Waals surface area contributed by atoms with Crippen LogP contribution in [0.5, 0.6) is 0 Å². The quantitative estimate of drug-likeness (QED) is 0.685. The number of rotatable bonds is 5. The molecule has 1 aromatic heterocycles. The molecule has 1 unspecified atom stereocenters. The fourth-order valence-corrected chi connectivity index (χ4v) is 3.43. The average molecular weight is 354 g/mol. The Balaban J connectivity index is 1.36. The molecule has 2 heterocycles. The molecule has 0 spiro atoms. The molecule has 128 valence electrons. The van der Waals surface area contributed by atoms with Crippen molar-refractivity contribution < 1.29 is 4.42 Å². The van der Waals surface area contributed by atoms with E-state index in [9.17, 15) is 0 Å². The Morgan fingerprint density at radius 3 is 2.60 bits per heavy atom. The van der Waals surface area contributed by atoms with Crippen LogP contribution in [-0.4, -0.2) is 28.2 Å². The SMILES string of the molecule is Clc1ccc(CN2CCC(c3nnc(Cc4ccccc4)o3)C2)cc1. The van der Waals surface area contributed by atoms with E-state index in [1.807, 2.05) is 30.3 Å². The Hall–Kier alpha value is -2.17. The van der Waals surface area contributed by atoms with Gasteiger partial charge in [-0.2, -0.15) is 0 Å². The minimum atomic E-state index is 0.323. The molecule has 0 bridgehead atoms. The highest BCUT2D eigenvalue weighted by Crippen LogP contribution is 2.27. The van der Waals surface area contributed by atoms with Crippen molar-refractivity contribution in [2.75, 3.05) is 13.1 Å². The fraction of sp³-hybridized carbons (Fsp3) is 0.300. The van der Waals surface area contributed by atoms with Gasteiger partial charge in [0.2, 0.25) is 11.8 Å². The summed E-state index contributed by atoms with van der Waals surface area (Å²) in [6.45, 7) is 2.93. The van der Waals surface area contributed by atoms with Crippen molar-refractivity contribution >= 4 is 11.6 Å². The topological polar surface area (TPSA) is 42.2 Å². The molecule has 1 saturated heterocycles. The van der Waals surface area contributed by atoms with Crippen molar-refractivity contribution in [3.63, 3.8) is 0 Å². The zero-order valence-corrected chi connectivity index (χ0v) is 14.7. The molecule has 0 radical (unpaired) electrons. The lowest BCUT2D eigenvalue weighted by Gasteiger charge is -2.15. The first kappa shape index (κ1) is 16.3. The molecular formula is C20H20ClN3O. The van der Waals surface area contributed by atoms with Gasteiger partial charge in [0.15, 0.2) is 0 Å². The second kappa shape index (κ2) is 7.38. The number of benzene rings is 2. The highest BCUT2D eigenvalue weighted by molar-refractivity contribution is 6.30. The van der Waals surface area contributed by atoms with Crippen LogP contribution in [0.4, 0.5) is 0 Å². The minimum Gasteiger partial charge on any atom is -0.425 e. The maximum atomic E-state index is 5.95. The second-order valence-corrected chi connectivity index (χ2v) is 6.98. The van der Waals surface area contributed by atoms with Gasteiger partial charge in [-0.05, 0) is 36.2 Å². The van der Waals surface area contributed by atoms with Crippen molar-refractivity contribution in [1.29, 1.82) is 0 Å². The summed E-state index contributed by atoms with van der Waals surface area (Å²) < 4.78 is 5.92. The molecule has 4 rings (SSSR count). The van der Waals surface area contributed by atoms with Gasteiger partial charge in [0.05, 0.1) is 12.3 Å². The minimum absolute atomic E-state index is 0.323. The molecule has 1 fully saturated rings. The Morgan fingerprint density at radius 1 is 1.00 bits per heavy atom. The first-order valence-electron chi connectivity index (χ1n) is 8.59. The average Bonchev–Trinajstić information content (AvgIpc) is 3.27. The van der Waals surface area contributed by atoms with Crippen molar-refractivity contribution in [2.45, 2.75) is 25.3 Å². The lowest BCUT2D eigenvalue weighted by Crippen LogP contribution is -2.19. The monoisotopic (exact) mass is 353 g/mol. The van der Waals surface area contributed by atoms with Gasteiger partial charge >= 0.3 is 0 Å². The van der Waals surface area contributed by atoms with Crippen LogP contribution in [-0.2, 0) is 13.0 Å². The predicted molar refractivity (Wildman–Crippen MR) is 97.6 cm³/mol. The molecule has 5 heteroatoms. The Kier molecular flexibility index (Phi) is 4.81. The number of halogens is 1. The van der Waals surface area contributed by atoms with Crippen LogP contribution in [0.25, 0.3) is 0 Å². The van der Waals surface area contributed by atoms with Crippen molar-refractivity contribution in [3.05, 3.63) is 82.5 Å². The van der Waals surface area contributed by atoms with Crippen molar-refractivity contribution in [2.24, 2.45) is 0 Å². The van der Waals surface area contributed by atoms with Gasteiger partial charge in [-0.15, -0.1) is 10.2 Å². The third-order valence-electron chi connectivity index (χ3n) is 4.62. The zero-order valence-electron chi connectivity index (χ0n) is 13.9. The molecule has 25 heavy (non-hydrogen) atoms. The third kappa shape index (κ3) is 4.09. The van der Waals surface area contributed by atoms with E-state index in [-0.39, 0.29) is 0 Å². The van der Waals surface area contributed by atoms with Gasteiger partial charge in [0, 0.05) is 18.1 Å². The lowest BCUT2D eigenvalue weighted by atomic mass is 10.1. The second-order valence-electron chi connectivity index (χ2n) is 6.54. The maximum absolute atomic E-state index is 5.95. The summed E-state index contributed by atoms with van der Waals surface area (Å²) in [7, 11) is 0. The Bertz CT molecular complexity index is 816. The first-order chi connectivity index (χ1) is 12.3. The molecule has 1 atom stereocenters. The van der Waals surface area contributed by atoms with Crippen LogP contribution in [0.15, 0.2) is 59.0 Å². The third-order valence-corrected chi connectivity index (χ3v) is 4.87. The van der Waals surface area contributed by atoms with Gasteiger partial charge in [-0.3, -0.25) is 4.90 Å². The highest BCUT2D eigenvalue weighted by atomic mass is 35.5. The van der Waals surface area contributed by atoms with Gasteiger partial charge in [0.25, 0.3) is 0 Å². The van der Waals surface area contributed by atoms with Crippen LogP contribution in [0.1, 0.15) is 35.2 Å². The maximum Gasteiger partial charge on any atom is 0.220 e. The normalized spacial score (nSPS) is 17.9. The Labute approximate surface area is 152 Å². The van der Waals surface area contributed by atoms with Gasteiger partial charge in [-0.1, -0.05) is 54.1 Å². The summed E-state index contributed by atoms with van der Waals surface area (Å²) in [5.74, 6) is 1.78. The van der Waals surface area contributed by atoms with E-state index in [1.54, 1.807) is 0 Å². The van der Waals surface area contributed by atoms with E-state index >= 15 is 0 Å². The molecule has 4 nitrogen and oxygen atoms in total. The van der Waals surface area contributed by atoms with Crippen molar-refractivity contribution in [3.8, 4) is 0 Å². The largest absolute Gasteiger partial charge is 0.425 e. The number of likely N-dealkylation sites (tertiary alicyclic amines) is 1. The smallest absolute Gasteiger partial charge is 0.220 e. The molecular weight excluding hydrogens is 334 g/mol. The summed E-state index contributed by atoms with van der Waals surface area (Å²) in [6, 6.07) is 18.3. The van der Waals surface area contributed by atoms with E-state index in [0.29, 0.717) is 18.2 Å². The number of nitrogens with zero attached hydrogens (tertiary/aromatic N) is 3. The molecule has 0 N–H and O–H groups in total. The van der Waals surface area contributed by atoms with Crippen LogP contribution in [0.2, 0.25) is 5.02 Å². The van der Waals surface area contributed by atoms with Crippen LogP contribution < -0.4 is 0 Å². The molecule has 3 aromatic rings. The summed E-state index contributed by atoms with van der Waals surface area (Å²) >= 11 is 5.95. The first-order valence-corrected chi connectivity index (χ1v) is 8.97.